The van der Waals surface area contributed by atoms with E-state index in [1.165, 1.54) is 6.33 Å². The molecule has 2 heterocycles. The van der Waals surface area contributed by atoms with Gasteiger partial charge in [-0.3, -0.25) is 10.1 Å². The maximum absolute atomic E-state index is 11.5. The average Bonchev–Trinajstić information content (AvgIpc) is 2.99. The number of nitro groups is 1. The summed E-state index contributed by atoms with van der Waals surface area (Å²) in [6, 6.07) is 9.47. The highest BCUT2D eigenvalue weighted by molar-refractivity contribution is 5.72. The second-order valence-electron chi connectivity index (χ2n) is 5.46. The van der Waals surface area contributed by atoms with Gasteiger partial charge in [-0.05, 0) is 19.4 Å². The highest BCUT2D eigenvalue weighted by Gasteiger charge is 2.23. The van der Waals surface area contributed by atoms with Gasteiger partial charge in [0.25, 0.3) is 0 Å². The van der Waals surface area contributed by atoms with Crippen molar-refractivity contribution in [3.8, 4) is 0 Å². The Balaban J connectivity index is 1.84. The molecular weight excluding hydrogens is 324 g/mol. The normalized spacial score (nSPS) is 10.5. The summed E-state index contributed by atoms with van der Waals surface area (Å²) in [5.74, 6) is 1.09. The van der Waals surface area contributed by atoms with Crippen LogP contribution in [0.5, 0.6) is 0 Å². The van der Waals surface area contributed by atoms with Crippen LogP contribution in [0, 0.1) is 24.0 Å². The molecular formula is C16H16N6O3. The Morgan fingerprint density at radius 1 is 1.16 bits per heavy atom. The molecule has 0 bridgehead atoms. The Labute approximate surface area is 143 Å². The lowest BCUT2D eigenvalue weighted by Gasteiger charge is -2.09. The molecule has 3 aromatic rings. The smallest absolute Gasteiger partial charge is 0.353 e. The summed E-state index contributed by atoms with van der Waals surface area (Å²) in [5, 5.41) is 21.0. The van der Waals surface area contributed by atoms with E-state index in [0.717, 1.165) is 11.1 Å². The van der Waals surface area contributed by atoms with Gasteiger partial charge in [-0.25, -0.2) is 9.97 Å². The van der Waals surface area contributed by atoms with Crippen LogP contribution in [-0.4, -0.2) is 20.0 Å². The lowest BCUT2D eigenvalue weighted by Crippen LogP contribution is -2.08. The fourth-order valence-electron chi connectivity index (χ4n) is 2.21. The van der Waals surface area contributed by atoms with Crippen molar-refractivity contribution in [2.45, 2.75) is 20.4 Å². The van der Waals surface area contributed by atoms with Crippen LogP contribution < -0.4 is 10.6 Å². The number of nitrogens with zero attached hydrogens (tertiary/aromatic N) is 4. The van der Waals surface area contributed by atoms with Crippen LogP contribution >= 0.6 is 0 Å². The van der Waals surface area contributed by atoms with E-state index < -0.39 is 4.92 Å². The van der Waals surface area contributed by atoms with Crippen LogP contribution in [0.25, 0.3) is 0 Å². The highest BCUT2D eigenvalue weighted by atomic mass is 16.6. The molecule has 0 saturated heterocycles. The van der Waals surface area contributed by atoms with Gasteiger partial charge in [0.15, 0.2) is 5.82 Å². The van der Waals surface area contributed by atoms with Crippen molar-refractivity contribution < 1.29 is 9.45 Å². The molecule has 25 heavy (non-hydrogen) atoms. The number of rotatable bonds is 6. The number of aryl methyl sites for hydroxylation is 2. The van der Waals surface area contributed by atoms with Crippen molar-refractivity contribution >= 4 is 23.1 Å². The van der Waals surface area contributed by atoms with Crippen LogP contribution in [0.3, 0.4) is 0 Å². The second kappa shape index (κ2) is 6.95. The zero-order valence-electron chi connectivity index (χ0n) is 13.7. The monoisotopic (exact) mass is 340 g/mol. The highest BCUT2D eigenvalue weighted by Crippen LogP contribution is 2.31. The summed E-state index contributed by atoms with van der Waals surface area (Å²) in [6.45, 7) is 4.12. The number of hydrogen-bond donors (Lipinski definition) is 2. The Morgan fingerprint density at radius 2 is 1.88 bits per heavy atom. The molecule has 0 aliphatic rings. The Hall–Kier alpha value is -3.49. The minimum atomic E-state index is -0.535. The molecule has 3 rings (SSSR count). The quantitative estimate of drug-likeness (QED) is 0.518. The van der Waals surface area contributed by atoms with E-state index in [1.54, 1.807) is 13.0 Å². The average molecular weight is 340 g/mol. The van der Waals surface area contributed by atoms with Gasteiger partial charge in [0.2, 0.25) is 11.6 Å². The molecule has 2 N–H and O–H groups in total. The molecule has 9 nitrogen and oxygen atoms in total. The summed E-state index contributed by atoms with van der Waals surface area (Å²) in [4.78, 5) is 18.9. The number of aromatic nitrogens is 3. The van der Waals surface area contributed by atoms with Crippen molar-refractivity contribution in [3.05, 3.63) is 63.7 Å². The molecule has 0 radical (unpaired) electrons. The molecule has 0 atom stereocenters. The second-order valence-corrected chi connectivity index (χ2v) is 5.46. The van der Waals surface area contributed by atoms with E-state index >= 15 is 0 Å². The number of nitrogens with one attached hydrogen (secondary N) is 2. The predicted molar refractivity (Wildman–Crippen MR) is 91.7 cm³/mol. The molecule has 0 fully saturated rings. The van der Waals surface area contributed by atoms with Gasteiger partial charge in [-0.15, -0.1) is 0 Å². The Kier molecular flexibility index (Phi) is 4.55. The third kappa shape index (κ3) is 3.89. The SMILES string of the molecule is Cc1ccc(CNc2ncnc(Nc3cc(C)on3)c2[N+](=O)[O-])cc1. The van der Waals surface area contributed by atoms with Crippen LogP contribution in [0.1, 0.15) is 16.9 Å². The van der Waals surface area contributed by atoms with Crippen LogP contribution in [0.15, 0.2) is 41.2 Å². The first-order valence-corrected chi connectivity index (χ1v) is 7.52. The molecule has 0 aliphatic heterocycles. The zero-order chi connectivity index (χ0) is 17.8. The summed E-state index contributed by atoms with van der Waals surface area (Å²) >= 11 is 0. The number of anilines is 3. The topological polar surface area (TPSA) is 119 Å². The van der Waals surface area contributed by atoms with Crippen molar-refractivity contribution in [1.82, 2.24) is 15.1 Å². The van der Waals surface area contributed by atoms with Gasteiger partial charge in [0, 0.05) is 12.6 Å². The maximum Gasteiger partial charge on any atom is 0.353 e. The lowest BCUT2D eigenvalue weighted by atomic mass is 10.1. The third-order valence-corrected chi connectivity index (χ3v) is 3.46. The maximum atomic E-state index is 11.5. The third-order valence-electron chi connectivity index (χ3n) is 3.46. The van der Waals surface area contributed by atoms with Crippen molar-refractivity contribution in [2.24, 2.45) is 0 Å². The predicted octanol–water partition coefficient (Wildman–Crippen LogP) is 3.35. The standard InChI is InChI=1S/C16H16N6O3/c1-10-3-5-12(6-4-10)8-17-15-14(22(23)24)16(19-9-18-15)20-13-7-11(2)25-21-13/h3-7,9H,8H2,1-2H3,(H2,17,18,19,20,21). The van der Waals surface area contributed by atoms with E-state index in [-0.39, 0.29) is 17.3 Å². The van der Waals surface area contributed by atoms with Crippen molar-refractivity contribution in [2.75, 3.05) is 10.6 Å². The fraction of sp³-hybridized carbons (Fsp3) is 0.188. The molecule has 1 aromatic carbocycles. The lowest BCUT2D eigenvalue weighted by molar-refractivity contribution is -0.383. The van der Waals surface area contributed by atoms with Crippen molar-refractivity contribution in [1.29, 1.82) is 0 Å². The molecule has 2 aromatic heterocycles. The van der Waals surface area contributed by atoms with Crippen LogP contribution in [0.4, 0.5) is 23.1 Å². The number of hydrogen-bond acceptors (Lipinski definition) is 8. The minimum absolute atomic E-state index is 0.0414. The Bertz CT molecular complexity index is 891. The molecule has 0 saturated carbocycles. The van der Waals surface area contributed by atoms with Gasteiger partial charge in [-0.1, -0.05) is 35.0 Å². The van der Waals surface area contributed by atoms with E-state index in [2.05, 4.69) is 25.8 Å². The molecule has 9 heteroatoms. The van der Waals surface area contributed by atoms with Gasteiger partial charge in [-0.2, -0.15) is 0 Å². The largest absolute Gasteiger partial charge is 0.360 e. The summed E-state index contributed by atoms with van der Waals surface area (Å²) < 4.78 is 4.94. The molecule has 0 amide bonds. The summed E-state index contributed by atoms with van der Waals surface area (Å²) in [6.07, 6.45) is 1.25. The molecule has 0 aliphatic carbocycles. The van der Waals surface area contributed by atoms with Gasteiger partial charge < -0.3 is 15.2 Å². The van der Waals surface area contributed by atoms with Gasteiger partial charge in [0.1, 0.15) is 12.1 Å². The van der Waals surface area contributed by atoms with Crippen molar-refractivity contribution in [3.63, 3.8) is 0 Å². The number of benzene rings is 1. The molecule has 0 spiro atoms. The summed E-state index contributed by atoms with van der Waals surface area (Å²) in [5.41, 5.74) is 1.88. The van der Waals surface area contributed by atoms with Crippen LogP contribution in [-0.2, 0) is 6.54 Å². The molecule has 0 unspecified atom stereocenters. The minimum Gasteiger partial charge on any atom is -0.360 e. The first-order chi connectivity index (χ1) is 12.0. The first-order valence-electron chi connectivity index (χ1n) is 7.52. The van der Waals surface area contributed by atoms with Gasteiger partial charge in [0.05, 0.1) is 4.92 Å². The van der Waals surface area contributed by atoms with E-state index in [4.69, 9.17) is 4.52 Å². The van der Waals surface area contributed by atoms with E-state index in [1.807, 2.05) is 31.2 Å². The first kappa shape index (κ1) is 16.4. The zero-order valence-corrected chi connectivity index (χ0v) is 13.7. The van der Waals surface area contributed by atoms with E-state index in [9.17, 15) is 10.1 Å². The molecule has 128 valence electrons. The van der Waals surface area contributed by atoms with Crippen LogP contribution in [0.2, 0.25) is 0 Å². The Morgan fingerprint density at radius 3 is 2.52 bits per heavy atom. The van der Waals surface area contributed by atoms with E-state index in [0.29, 0.717) is 18.1 Å². The summed E-state index contributed by atoms with van der Waals surface area (Å²) in [7, 11) is 0. The van der Waals surface area contributed by atoms with Gasteiger partial charge >= 0.3 is 5.69 Å². The fourth-order valence-corrected chi connectivity index (χ4v) is 2.21.